The number of ether oxygens (including phenoxy) is 1. The van der Waals surface area contributed by atoms with E-state index >= 15 is 0 Å². The second-order valence-electron chi connectivity index (χ2n) is 9.28. The lowest BCUT2D eigenvalue weighted by Gasteiger charge is -2.64. The smallest absolute Gasteiger partial charge is 0.475 e. The van der Waals surface area contributed by atoms with E-state index in [2.05, 4.69) is 32.9 Å². The molecular formula is C22H34BNO3. The van der Waals surface area contributed by atoms with E-state index in [4.69, 9.17) is 19.8 Å². The van der Waals surface area contributed by atoms with E-state index in [0.29, 0.717) is 23.9 Å². The third-order valence-electron chi connectivity index (χ3n) is 7.67. The molecule has 4 nitrogen and oxygen atoms in total. The number of fused-ring (bicyclic) bond motifs is 1. The Labute approximate surface area is 164 Å². The predicted molar refractivity (Wildman–Crippen MR) is 109 cm³/mol. The fraction of sp³-hybridized carbons (Fsp3) is 0.727. The molecule has 5 heteroatoms. The monoisotopic (exact) mass is 371 g/mol. The Morgan fingerprint density at radius 3 is 2.67 bits per heavy atom. The van der Waals surface area contributed by atoms with Crippen molar-refractivity contribution >= 4 is 7.12 Å². The highest BCUT2D eigenvalue weighted by atomic mass is 16.7. The number of para-hydroxylation sites is 1. The lowest BCUT2D eigenvalue weighted by molar-refractivity contribution is -0.199. The van der Waals surface area contributed by atoms with Crippen LogP contribution in [-0.4, -0.2) is 31.4 Å². The first-order valence-corrected chi connectivity index (χ1v) is 10.7. The molecule has 0 amide bonds. The first-order valence-electron chi connectivity index (χ1n) is 10.7. The summed E-state index contributed by atoms with van der Waals surface area (Å²) >= 11 is 0. The molecule has 2 bridgehead atoms. The highest BCUT2D eigenvalue weighted by Crippen LogP contribution is 2.65. The van der Waals surface area contributed by atoms with Gasteiger partial charge >= 0.3 is 7.12 Å². The largest absolute Gasteiger partial charge is 0.493 e. The van der Waals surface area contributed by atoms with Gasteiger partial charge in [-0.1, -0.05) is 45.9 Å². The third-order valence-corrected chi connectivity index (χ3v) is 7.67. The number of benzene rings is 1. The molecule has 0 radical (unpaired) electrons. The molecule has 1 aromatic carbocycles. The summed E-state index contributed by atoms with van der Waals surface area (Å²) in [7, 11) is -0.294. The Bertz CT molecular complexity index is 696. The normalized spacial score (nSPS) is 38.7. The molecule has 6 rings (SSSR count). The molecule has 1 aromatic rings. The van der Waals surface area contributed by atoms with E-state index in [1.54, 1.807) is 0 Å². The average Bonchev–Trinajstić information content (AvgIpc) is 3.23. The molecule has 3 aliphatic carbocycles. The Morgan fingerprint density at radius 1 is 1.19 bits per heavy atom. The second kappa shape index (κ2) is 6.79. The summed E-state index contributed by atoms with van der Waals surface area (Å²) in [6, 6.07) is 8.27. The summed E-state index contributed by atoms with van der Waals surface area (Å²) in [6.45, 7) is 11.7. The summed E-state index contributed by atoms with van der Waals surface area (Å²) in [6.07, 6.45) is 3.42. The summed E-state index contributed by atoms with van der Waals surface area (Å²) in [5.41, 5.74) is 8.01. The van der Waals surface area contributed by atoms with Crippen LogP contribution in [0.5, 0.6) is 5.75 Å². The SMILES string of the molecule is CC.CC1(C)[C@@H]2C[C@H]3OB([C@@H](N)CC4COc5ccccc54)O[C@@]3(C)[C@H]1C2. The molecular weight excluding hydrogens is 337 g/mol. The maximum Gasteiger partial charge on any atom is 0.475 e. The van der Waals surface area contributed by atoms with Crippen LogP contribution in [0.25, 0.3) is 0 Å². The van der Waals surface area contributed by atoms with Crippen LogP contribution in [0.15, 0.2) is 24.3 Å². The van der Waals surface area contributed by atoms with Crippen molar-refractivity contribution in [2.75, 3.05) is 6.61 Å². The molecule has 2 aliphatic heterocycles. The summed E-state index contributed by atoms with van der Waals surface area (Å²) < 4.78 is 18.6. The van der Waals surface area contributed by atoms with Gasteiger partial charge in [-0.25, -0.2) is 0 Å². The molecule has 0 aromatic heterocycles. The van der Waals surface area contributed by atoms with Crippen molar-refractivity contribution in [2.45, 2.75) is 77.4 Å². The maximum atomic E-state index is 6.55. The molecule has 5 aliphatic rings. The van der Waals surface area contributed by atoms with Crippen LogP contribution < -0.4 is 10.5 Å². The van der Waals surface area contributed by atoms with Gasteiger partial charge in [0.05, 0.1) is 18.3 Å². The summed E-state index contributed by atoms with van der Waals surface area (Å²) in [5, 5.41) is 0. The molecule has 3 saturated carbocycles. The molecule has 1 saturated heterocycles. The molecule has 0 spiro atoms. The summed E-state index contributed by atoms with van der Waals surface area (Å²) in [5.74, 6) is 2.55. The first kappa shape index (κ1) is 19.3. The zero-order valence-electron chi connectivity index (χ0n) is 17.4. The van der Waals surface area contributed by atoms with Crippen LogP contribution in [0.4, 0.5) is 0 Å². The van der Waals surface area contributed by atoms with E-state index in [9.17, 15) is 0 Å². The highest BCUT2D eigenvalue weighted by molar-refractivity contribution is 6.47. The van der Waals surface area contributed by atoms with Gasteiger partial charge in [0, 0.05) is 17.4 Å². The van der Waals surface area contributed by atoms with Gasteiger partial charge in [0.1, 0.15) is 5.75 Å². The van der Waals surface area contributed by atoms with Gasteiger partial charge in [0.25, 0.3) is 0 Å². The molecule has 2 heterocycles. The van der Waals surface area contributed by atoms with Crippen molar-refractivity contribution in [1.82, 2.24) is 0 Å². The molecule has 1 unspecified atom stereocenters. The molecule has 27 heavy (non-hydrogen) atoms. The topological polar surface area (TPSA) is 53.7 Å². The van der Waals surface area contributed by atoms with Crippen molar-refractivity contribution in [2.24, 2.45) is 23.0 Å². The van der Waals surface area contributed by atoms with Crippen LogP contribution in [0.1, 0.15) is 65.4 Å². The molecule has 4 fully saturated rings. The standard InChI is InChI=1S/C20H28BNO3.C2H6/c1-19(2)13-9-16(19)20(3)17(10-13)24-21(25-20)18(22)8-12-11-23-15-7-5-4-6-14(12)15;1-2/h4-7,12-13,16-18H,8-11,22H2,1-3H3;1-2H3/t12?,13-,16-,17+,18-,20-;/m0./s1. The van der Waals surface area contributed by atoms with E-state index in [1.807, 2.05) is 26.0 Å². The lowest BCUT2D eigenvalue weighted by Crippen LogP contribution is -2.65. The Morgan fingerprint density at radius 2 is 1.93 bits per heavy atom. The van der Waals surface area contributed by atoms with Crippen LogP contribution in [-0.2, 0) is 9.31 Å². The predicted octanol–water partition coefficient (Wildman–Crippen LogP) is 4.17. The number of nitrogens with two attached hydrogens (primary N) is 1. The van der Waals surface area contributed by atoms with Gasteiger partial charge in [0.15, 0.2) is 0 Å². The Kier molecular flexibility index (Phi) is 4.85. The van der Waals surface area contributed by atoms with Crippen LogP contribution in [0.3, 0.4) is 0 Å². The third kappa shape index (κ3) is 2.85. The highest BCUT2D eigenvalue weighted by Gasteiger charge is 2.68. The molecule has 2 N–H and O–H groups in total. The van der Waals surface area contributed by atoms with Gasteiger partial charge in [0.2, 0.25) is 0 Å². The quantitative estimate of drug-likeness (QED) is 0.811. The second-order valence-corrected chi connectivity index (χ2v) is 9.28. The minimum Gasteiger partial charge on any atom is -0.493 e. The van der Waals surface area contributed by atoms with Crippen LogP contribution >= 0.6 is 0 Å². The van der Waals surface area contributed by atoms with E-state index in [-0.39, 0.29) is 24.8 Å². The number of hydrogen-bond donors (Lipinski definition) is 1. The Hall–Kier alpha value is -1.04. The van der Waals surface area contributed by atoms with Crippen molar-refractivity contribution in [3.05, 3.63) is 29.8 Å². The minimum atomic E-state index is -0.294. The van der Waals surface area contributed by atoms with Gasteiger partial charge in [-0.15, -0.1) is 0 Å². The fourth-order valence-electron chi connectivity index (χ4n) is 5.95. The van der Waals surface area contributed by atoms with Crippen LogP contribution in [0, 0.1) is 17.3 Å². The first-order chi connectivity index (χ1) is 12.9. The molecule has 6 atom stereocenters. The van der Waals surface area contributed by atoms with Crippen molar-refractivity contribution in [3.8, 4) is 5.75 Å². The van der Waals surface area contributed by atoms with Gasteiger partial charge in [-0.3, -0.25) is 0 Å². The van der Waals surface area contributed by atoms with E-state index in [0.717, 1.165) is 24.5 Å². The number of rotatable bonds is 3. The van der Waals surface area contributed by atoms with Gasteiger partial charge in [-0.2, -0.15) is 0 Å². The Balaban J connectivity index is 0.000000872. The average molecular weight is 371 g/mol. The van der Waals surface area contributed by atoms with Crippen molar-refractivity contribution in [1.29, 1.82) is 0 Å². The van der Waals surface area contributed by atoms with Crippen molar-refractivity contribution < 1.29 is 14.0 Å². The lowest BCUT2D eigenvalue weighted by atomic mass is 9.43. The zero-order chi connectivity index (χ0) is 19.4. The van der Waals surface area contributed by atoms with Gasteiger partial charge < -0.3 is 19.8 Å². The minimum absolute atomic E-state index is 0.123. The fourth-order valence-corrected chi connectivity index (χ4v) is 5.95. The summed E-state index contributed by atoms with van der Waals surface area (Å²) in [4.78, 5) is 0. The number of hydrogen-bond acceptors (Lipinski definition) is 4. The van der Waals surface area contributed by atoms with E-state index in [1.165, 1.54) is 12.0 Å². The van der Waals surface area contributed by atoms with Crippen molar-refractivity contribution in [3.63, 3.8) is 0 Å². The maximum absolute atomic E-state index is 6.55. The zero-order valence-corrected chi connectivity index (χ0v) is 17.4. The van der Waals surface area contributed by atoms with Crippen LogP contribution in [0.2, 0.25) is 0 Å². The van der Waals surface area contributed by atoms with E-state index < -0.39 is 0 Å². The molecule has 148 valence electrons. The van der Waals surface area contributed by atoms with Gasteiger partial charge in [-0.05, 0) is 49.5 Å².